The largest absolute Gasteiger partial charge is 0.481 e. The highest BCUT2D eigenvalue weighted by Gasteiger charge is 2.30. The van der Waals surface area contributed by atoms with Crippen molar-refractivity contribution in [2.24, 2.45) is 11.5 Å². The molecule has 0 aliphatic heterocycles. The molecule has 4 atom stereocenters. The van der Waals surface area contributed by atoms with Gasteiger partial charge in [-0.15, -0.1) is 0 Å². The van der Waals surface area contributed by atoms with Gasteiger partial charge in [0.1, 0.15) is 18.1 Å². The van der Waals surface area contributed by atoms with Crippen molar-refractivity contribution < 1.29 is 39.3 Å². The van der Waals surface area contributed by atoms with Gasteiger partial charge in [-0.05, 0) is 26.3 Å². The molecule has 29 heavy (non-hydrogen) atoms. The van der Waals surface area contributed by atoms with E-state index in [-0.39, 0.29) is 0 Å². The lowest BCUT2D eigenvalue weighted by molar-refractivity contribution is -0.144. The second-order valence-corrected chi connectivity index (χ2v) is 6.36. The average molecular weight is 419 g/mol. The van der Waals surface area contributed by atoms with Crippen LogP contribution in [0.15, 0.2) is 0 Å². The highest BCUT2D eigenvalue weighted by Crippen LogP contribution is 2.00. The summed E-state index contributed by atoms with van der Waals surface area (Å²) in [4.78, 5) is 58.2. The Labute approximate surface area is 167 Å². The molecule has 0 heterocycles. The zero-order valence-electron chi connectivity index (χ0n) is 16.1. The van der Waals surface area contributed by atoms with Gasteiger partial charge in [-0.2, -0.15) is 0 Å². The number of aliphatic hydroxyl groups excluding tert-OH is 1. The SMILES string of the molecule is CC(NC(=O)C(N)CCCCN)C(=O)NC(CC(=O)O)C(=O)NC(CO)C(=O)O. The normalized spacial score (nSPS) is 14.8. The Kier molecular flexibility index (Phi) is 12.1. The van der Waals surface area contributed by atoms with Crippen LogP contribution in [0, 0.1) is 0 Å². The molecule has 0 fully saturated rings. The Morgan fingerprint density at radius 3 is 1.97 bits per heavy atom. The molecule has 166 valence electrons. The van der Waals surface area contributed by atoms with Gasteiger partial charge in [0.25, 0.3) is 0 Å². The number of carboxylic acids is 2. The molecule has 10 N–H and O–H groups in total. The fourth-order valence-electron chi connectivity index (χ4n) is 2.16. The molecule has 0 aromatic heterocycles. The summed E-state index contributed by atoms with van der Waals surface area (Å²) in [5.41, 5.74) is 11.1. The molecule has 4 unspecified atom stereocenters. The van der Waals surface area contributed by atoms with Gasteiger partial charge in [0.2, 0.25) is 17.7 Å². The van der Waals surface area contributed by atoms with Gasteiger partial charge in [0, 0.05) is 0 Å². The van der Waals surface area contributed by atoms with Gasteiger partial charge in [-0.25, -0.2) is 4.79 Å². The number of hydrogen-bond acceptors (Lipinski definition) is 8. The van der Waals surface area contributed by atoms with Crippen molar-refractivity contribution in [3.8, 4) is 0 Å². The molecule has 0 rings (SSSR count). The average Bonchev–Trinajstić information content (AvgIpc) is 2.64. The van der Waals surface area contributed by atoms with Crippen LogP contribution in [0.1, 0.15) is 32.6 Å². The summed E-state index contributed by atoms with van der Waals surface area (Å²) in [5, 5.41) is 33.1. The molecule has 0 radical (unpaired) electrons. The maximum atomic E-state index is 12.2. The van der Waals surface area contributed by atoms with Crippen molar-refractivity contribution in [1.82, 2.24) is 16.0 Å². The predicted octanol–water partition coefficient (Wildman–Crippen LogP) is -3.53. The van der Waals surface area contributed by atoms with E-state index in [0.717, 1.165) is 0 Å². The van der Waals surface area contributed by atoms with Crippen LogP contribution in [-0.2, 0) is 24.0 Å². The molecule has 13 nitrogen and oxygen atoms in total. The minimum absolute atomic E-state index is 0.360. The second kappa shape index (κ2) is 13.4. The summed E-state index contributed by atoms with van der Waals surface area (Å²) >= 11 is 0. The van der Waals surface area contributed by atoms with Crippen molar-refractivity contribution in [3.05, 3.63) is 0 Å². The first kappa shape index (κ1) is 26.2. The standard InChI is InChI=1S/C16H29N5O8/c1-8(19-14(26)9(18)4-2-3-5-17)13(25)20-10(6-12(23)24)15(27)21-11(7-22)16(28)29/h8-11,22H,2-7,17-18H2,1H3,(H,19,26)(H,20,25)(H,21,27)(H,23,24)(H,28,29). The Balaban J connectivity index is 4.91. The Morgan fingerprint density at radius 1 is 0.897 bits per heavy atom. The van der Waals surface area contributed by atoms with Gasteiger partial charge in [0.05, 0.1) is 19.1 Å². The molecular weight excluding hydrogens is 390 g/mol. The molecule has 3 amide bonds. The monoisotopic (exact) mass is 419 g/mol. The van der Waals surface area contributed by atoms with Gasteiger partial charge in [0.15, 0.2) is 0 Å². The van der Waals surface area contributed by atoms with Gasteiger partial charge < -0.3 is 42.7 Å². The van der Waals surface area contributed by atoms with Crippen LogP contribution in [0.5, 0.6) is 0 Å². The number of nitrogens with one attached hydrogen (secondary N) is 3. The number of nitrogens with two attached hydrogens (primary N) is 2. The third kappa shape index (κ3) is 10.4. The van der Waals surface area contributed by atoms with Gasteiger partial charge in [-0.3, -0.25) is 19.2 Å². The Hall–Kier alpha value is -2.77. The van der Waals surface area contributed by atoms with Crippen molar-refractivity contribution in [3.63, 3.8) is 0 Å². The predicted molar refractivity (Wildman–Crippen MR) is 99.3 cm³/mol. The van der Waals surface area contributed by atoms with E-state index < -0.39 is 66.9 Å². The van der Waals surface area contributed by atoms with E-state index in [1.54, 1.807) is 0 Å². The van der Waals surface area contributed by atoms with Crippen molar-refractivity contribution in [1.29, 1.82) is 0 Å². The van der Waals surface area contributed by atoms with E-state index >= 15 is 0 Å². The van der Waals surface area contributed by atoms with Crippen molar-refractivity contribution >= 4 is 29.7 Å². The minimum atomic E-state index is -1.67. The fourth-order valence-corrected chi connectivity index (χ4v) is 2.16. The number of carbonyl (C=O) groups excluding carboxylic acids is 3. The number of aliphatic carboxylic acids is 2. The molecule has 0 aromatic carbocycles. The highest BCUT2D eigenvalue weighted by molar-refractivity contribution is 5.95. The van der Waals surface area contributed by atoms with E-state index in [9.17, 15) is 24.0 Å². The number of hydrogen-bond donors (Lipinski definition) is 8. The van der Waals surface area contributed by atoms with E-state index in [2.05, 4.69) is 10.6 Å². The van der Waals surface area contributed by atoms with Crippen LogP contribution in [0.25, 0.3) is 0 Å². The van der Waals surface area contributed by atoms with Gasteiger partial charge in [-0.1, -0.05) is 6.42 Å². The number of amides is 3. The number of aliphatic hydroxyl groups is 1. The third-order valence-electron chi connectivity index (χ3n) is 3.87. The van der Waals surface area contributed by atoms with Gasteiger partial charge >= 0.3 is 11.9 Å². The Bertz CT molecular complexity index is 600. The third-order valence-corrected chi connectivity index (χ3v) is 3.87. The van der Waals surface area contributed by atoms with Crippen LogP contribution < -0.4 is 27.4 Å². The highest BCUT2D eigenvalue weighted by atomic mass is 16.4. The quantitative estimate of drug-likeness (QED) is 0.129. The lowest BCUT2D eigenvalue weighted by Crippen LogP contribution is -2.57. The minimum Gasteiger partial charge on any atom is -0.481 e. The summed E-state index contributed by atoms with van der Waals surface area (Å²) in [5.74, 6) is -5.55. The van der Waals surface area contributed by atoms with Crippen LogP contribution in [0.2, 0.25) is 0 Å². The van der Waals surface area contributed by atoms with E-state index in [0.29, 0.717) is 25.8 Å². The first-order valence-electron chi connectivity index (χ1n) is 8.95. The Morgan fingerprint density at radius 2 is 1.48 bits per heavy atom. The van der Waals surface area contributed by atoms with Crippen LogP contribution in [0.4, 0.5) is 0 Å². The zero-order chi connectivity index (χ0) is 22.6. The maximum Gasteiger partial charge on any atom is 0.328 e. The summed E-state index contributed by atoms with van der Waals surface area (Å²) in [7, 11) is 0. The number of rotatable bonds is 14. The molecule has 13 heteroatoms. The van der Waals surface area contributed by atoms with E-state index in [1.807, 2.05) is 5.32 Å². The molecule has 0 saturated heterocycles. The van der Waals surface area contributed by atoms with E-state index in [4.69, 9.17) is 26.8 Å². The van der Waals surface area contributed by atoms with Crippen molar-refractivity contribution in [2.75, 3.05) is 13.2 Å². The summed E-state index contributed by atoms with van der Waals surface area (Å²) in [6.45, 7) is 0.839. The summed E-state index contributed by atoms with van der Waals surface area (Å²) in [6.07, 6.45) is 0.837. The molecular formula is C16H29N5O8. The summed E-state index contributed by atoms with van der Waals surface area (Å²) in [6, 6.07) is -5.29. The number of carboxylic acid groups (broad SMARTS) is 2. The molecule has 0 saturated carbocycles. The molecule has 0 aliphatic rings. The molecule has 0 bridgehead atoms. The topological polar surface area (TPSA) is 234 Å². The lowest BCUT2D eigenvalue weighted by Gasteiger charge is -2.22. The summed E-state index contributed by atoms with van der Waals surface area (Å²) < 4.78 is 0. The second-order valence-electron chi connectivity index (χ2n) is 6.36. The zero-order valence-corrected chi connectivity index (χ0v) is 16.1. The van der Waals surface area contributed by atoms with E-state index in [1.165, 1.54) is 6.92 Å². The lowest BCUT2D eigenvalue weighted by atomic mass is 10.1. The fraction of sp³-hybridized carbons (Fsp3) is 0.688. The molecule has 0 aromatic rings. The van der Waals surface area contributed by atoms with Crippen LogP contribution >= 0.6 is 0 Å². The first-order chi connectivity index (χ1) is 13.5. The van der Waals surface area contributed by atoms with Crippen LogP contribution in [0.3, 0.4) is 0 Å². The maximum absolute atomic E-state index is 12.2. The van der Waals surface area contributed by atoms with Crippen LogP contribution in [-0.4, -0.2) is 82.3 Å². The van der Waals surface area contributed by atoms with Crippen molar-refractivity contribution in [2.45, 2.75) is 56.8 Å². The molecule has 0 spiro atoms. The first-order valence-corrected chi connectivity index (χ1v) is 8.95. The smallest absolute Gasteiger partial charge is 0.328 e. The number of carbonyl (C=O) groups is 5. The molecule has 0 aliphatic carbocycles. The number of unbranched alkanes of at least 4 members (excludes halogenated alkanes) is 1.